The van der Waals surface area contributed by atoms with Gasteiger partial charge in [-0.05, 0) is 32.3 Å². The van der Waals surface area contributed by atoms with Crippen LogP contribution in [0.3, 0.4) is 0 Å². The summed E-state index contributed by atoms with van der Waals surface area (Å²) in [7, 11) is 0. The van der Waals surface area contributed by atoms with Gasteiger partial charge < -0.3 is 14.6 Å². The fourth-order valence-electron chi connectivity index (χ4n) is 3.60. The molecule has 1 amide bonds. The molecule has 7 nitrogen and oxygen atoms in total. The maximum atomic E-state index is 13.1. The fourth-order valence-corrected chi connectivity index (χ4v) is 4.71. The van der Waals surface area contributed by atoms with Crippen molar-refractivity contribution in [2.24, 2.45) is 0 Å². The molecular weight excluding hydrogens is 390 g/mol. The highest BCUT2D eigenvalue weighted by molar-refractivity contribution is 7.20. The zero-order valence-electron chi connectivity index (χ0n) is 16.2. The molecule has 1 fully saturated rings. The number of fused-ring (bicyclic) bond motifs is 1. The Labute approximate surface area is 171 Å². The summed E-state index contributed by atoms with van der Waals surface area (Å²) in [6.07, 6.45) is 0.883. The Balaban J connectivity index is 1.69. The third kappa shape index (κ3) is 3.67. The van der Waals surface area contributed by atoms with Crippen LogP contribution in [0.5, 0.6) is 0 Å². The van der Waals surface area contributed by atoms with E-state index in [1.54, 1.807) is 30.9 Å². The normalized spacial score (nSPS) is 14.9. The molecule has 1 N–H and O–H groups in total. The first-order chi connectivity index (χ1) is 14.0. The van der Waals surface area contributed by atoms with Crippen LogP contribution >= 0.6 is 11.3 Å². The van der Waals surface area contributed by atoms with Gasteiger partial charge in [-0.1, -0.05) is 30.3 Å². The van der Waals surface area contributed by atoms with E-state index < -0.39 is 12.1 Å². The molecule has 1 aliphatic heterocycles. The Kier molecular flexibility index (Phi) is 5.19. The van der Waals surface area contributed by atoms with Crippen LogP contribution in [0.25, 0.3) is 10.2 Å². The smallest absolute Gasteiger partial charge is 0.349 e. The first kappa shape index (κ1) is 19.3. The summed E-state index contributed by atoms with van der Waals surface area (Å²) in [6, 6.07) is 9.02. The molecule has 0 unspecified atom stereocenters. The van der Waals surface area contributed by atoms with E-state index in [-0.39, 0.29) is 11.5 Å². The van der Waals surface area contributed by atoms with Crippen molar-refractivity contribution >= 4 is 33.4 Å². The van der Waals surface area contributed by atoms with E-state index in [0.717, 1.165) is 24.2 Å². The molecule has 0 radical (unpaired) electrons. The number of rotatable bonds is 4. The molecule has 3 aromatic rings. The number of carbonyl (C=O) groups is 2. The summed E-state index contributed by atoms with van der Waals surface area (Å²) in [5.41, 5.74) is 0.862. The van der Waals surface area contributed by atoms with Crippen LogP contribution in [-0.4, -0.2) is 39.8 Å². The van der Waals surface area contributed by atoms with Crippen molar-refractivity contribution in [3.63, 3.8) is 0 Å². The van der Waals surface area contributed by atoms with E-state index in [1.165, 1.54) is 0 Å². The molecule has 0 spiro atoms. The van der Waals surface area contributed by atoms with E-state index in [4.69, 9.17) is 4.74 Å². The summed E-state index contributed by atoms with van der Waals surface area (Å²) < 4.78 is 5.72. The molecule has 29 heavy (non-hydrogen) atoms. The highest BCUT2D eigenvalue weighted by atomic mass is 32.1. The van der Waals surface area contributed by atoms with Gasteiger partial charge in [-0.2, -0.15) is 0 Å². The Morgan fingerprint density at radius 3 is 2.55 bits per heavy atom. The number of aromatic amines is 1. The number of nitrogens with zero attached hydrogens (tertiary/aromatic N) is 2. The van der Waals surface area contributed by atoms with Crippen LogP contribution in [0, 0.1) is 13.8 Å². The Morgan fingerprint density at radius 1 is 1.17 bits per heavy atom. The number of amides is 1. The number of benzene rings is 1. The molecule has 0 aliphatic carbocycles. The number of thiophene rings is 1. The van der Waals surface area contributed by atoms with E-state index >= 15 is 0 Å². The molecule has 1 atom stereocenters. The maximum Gasteiger partial charge on any atom is 0.349 e. The number of nitrogens with one attached hydrogen (secondary N) is 1. The third-order valence-corrected chi connectivity index (χ3v) is 6.24. The topological polar surface area (TPSA) is 92.4 Å². The van der Waals surface area contributed by atoms with Crippen molar-refractivity contribution in [2.45, 2.75) is 32.8 Å². The van der Waals surface area contributed by atoms with E-state index in [0.29, 0.717) is 45.1 Å². The molecule has 4 rings (SSSR count). The second-order valence-electron chi connectivity index (χ2n) is 7.12. The molecule has 2 aromatic heterocycles. The number of ether oxygens (including phenoxy) is 1. The van der Waals surface area contributed by atoms with Gasteiger partial charge >= 0.3 is 5.97 Å². The largest absolute Gasteiger partial charge is 0.443 e. The molecule has 1 saturated heterocycles. The van der Waals surface area contributed by atoms with Gasteiger partial charge in [-0.15, -0.1) is 11.3 Å². The lowest BCUT2D eigenvalue weighted by Crippen LogP contribution is -2.34. The number of hydrogen-bond donors (Lipinski definition) is 1. The first-order valence-electron chi connectivity index (χ1n) is 9.50. The van der Waals surface area contributed by atoms with Crippen LogP contribution in [0.15, 0.2) is 35.1 Å². The molecule has 150 valence electrons. The highest BCUT2D eigenvalue weighted by Crippen LogP contribution is 2.30. The van der Waals surface area contributed by atoms with Crippen LogP contribution < -0.4 is 5.56 Å². The third-order valence-electron chi connectivity index (χ3n) is 5.07. The second kappa shape index (κ2) is 7.79. The SMILES string of the molecule is Cc1nc2sc(C(=O)O[C@@H](C(=O)N3CCCC3)c3ccccc3)c(C)c2c(=O)[nH]1. The monoisotopic (exact) mass is 411 g/mol. The summed E-state index contributed by atoms with van der Waals surface area (Å²) in [4.78, 5) is 47.8. The molecule has 1 aromatic carbocycles. The molecule has 3 heterocycles. The van der Waals surface area contributed by atoms with Crippen molar-refractivity contribution in [3.8, 4) is 0 Å². The minimum Gasteiger partial charge on any atom is -0.443 e. The minimum atomic E-state index is -1.01. The van der Waals surface area contributed by atoms with Gasteiger partial charge in [0.1, 0.15) is 15.5 Å². The Morgan fingerprint density at radius 2 is 1.86 bits per heavy atom. The Hall–Kier alpha value is -3.00. The molecule has 0 bridgehead atoms. The minimum absolute atomic E-state index is 0.215. The number of likely N-dealkylation sites (tertiary alicyclic amines) is 1. The molecule has 8 heteroatoms. The lowest BCUT2D eigenvalue weighted by molar-refractivity contribution is -0.140. The second-order valence-corrected chi connectivity index (χ2v) is 8.12. The predicted molar refractivity (Wildman–Crippen MR) is 110 cm³/mol. The van der Waals surface area contributed by atoms with Gasteiger partial charge in [0.15, 0.2) is 0 Å². The van der Waals surface area contributed by atoms with E-state index in [2.05, 4.69) is 9.97 Å². The van der Waals surface area contributed by atoms with Crippen LogP contribution in [0.1, 0.15) is 45.6 Å². The summed E-state index contributed by atoms with van der Waals surface area (Å²) in [5.74, 6) is -0.355. The summed E-state index contributed by atoms with van der Waals surface area (Å²) in [5, 5.41) is 0.384. The average molecular weight is 411 g/mol. The Bertz CT molecular complexity index is 1130. The zero-order valence-corrected chi connectivity index (χ0v) is 17.0. The average Bonchev–Trinajstić information content (AvgIpc) is 3.34. The standard InChI is InChI=1S/C21H21N3O4S/c1-12-15-18(25)22-13(2)23-19(15)29-17(12)21(27)28-16(14-8-4-3-5-9-14)20(26)24-10-6-7-11-24/h3-5,8-9,16H,6-7,10-11H2,1-2H3,(H,22,23,25)/t16-/m1/s1. The van der Waals surface area contributed by atoms with Crippen molar-refractivity contribution in [1.82, 2.24) is 14.9 Å². The zero-order chi connectivity index (χ0) is 20.5. The highest BCUT2D eigenvalue weighted by Gasteiger charge is 2.32. The van der Waals surface area contributed by atoms with Gasteiger partial charge in [0.2, 0.25) is 6.10 Å². The van der Waals surface area contributed by atoms with Crippen molar-refractivity contribution in [1.29, 1.82) is 0 Å². The van der Waals surface area contributed by atoms with Gasteiger partial charge in [-0.3, -0.25) is 9.59 Å². The van der Waals surface area contributed by atoms with Crippen LogP contribution in [-0.2, 0) is 9.53 Å². The number of carbonyl (C=O) groups excluding carboxylic acids is 2. The van der Waals surface area contributed by atoms with Gasteiger partial charge in [0.25, 0.3) is 11.5 Å². The maximum absolute atomic E-state index is 13.1. The predicted octanol–water partition coefficient (Wildman–Crippen LogP) is 3.12. The molecule has 1 aliphatic rings. The summed E-state index contributed by atoms with van der Waals surface area (Å²) in [6.45, 7) is 4.72. The van der Waals surface area contributed by atoms with Gasteiger partial charge in [-0.25, -0.2) is 9.78 Å². The number of aromatic nitrogens is 2. The van der Waals surface area contributed by atoms with E-state index in [1.807, 2.05) is 18.2 Å². The van der Waals surface area contributed by atoms with Crippen LogP contribution in [0.2, 0.25) is 0 Å². The van der Waals surface area contributed by atoms with Gasteiger partial charge in [0, 0.05) is 18.7 Å². The van der Waals surface area contributed by atoms with Crippen molar-refractivity contribution in [3.05, 3.63) is 62.5 Å². The van der Waals surface area contributed by atoms with E-state index in [9.17, 15) is 14.4 Å². The summed E-state index contributed by atoms with van der Waals surface area (Å²) >= 11 is 1.11. The van der Waals surface area contributed by atoms with Crippen LogP contribution in [0.4, 0.5) is 0 Å². The van der Waals surface area contributed by atoms with Gasteiger partial charge in [0.05, 0.1) is 5.39 Å². The molecular formula is C21H21N3O4S. The number of H-pyrrole nitrogens is 1. The number of aryl methyl sites for hydroxylation is 2. The lowest BCUT2D eigenvalue weighted by atomic mass is 10.1. The number of hydrogen-bond acceptors (Lipinski definition) is 6. The molecule has 0 saturated carbocycles. The fraction of sp³-hybridized carbons (Fsp3) is 0.333. The van der Waals surface area contributed by atoms with Crippen molar-refractivity contribution in [2.75, 3.05) is 13.1 Å². The number of esters is 1. The van der Waals surface area contributed by atoms with Crippen molar-refractivity contribution < 1.29 is 14.3 Å². The quantitative estimate of drug-likeness (QED) is 0.666. The lowest BCUT2D eigenvalue weighted by Gasteiger charge is -2.23. The first-order valence-corrected chi connectivity index (χ1v) is 10.3.